The number of rotatable bonds is 4. The summed E-state index contributed by atoms with van der Waals surface area (Å²) in [5, 5.41) is 8.24. The second kappa shape index (κ2) is 5.12. The zero-order valence-corrected chi connectivity index (χ0v) is 11.8. The SMILES string of the molecule is CNC(c1cn(C)cn1)c1c(Cl)cnn1C(C)C. The molecule has 0 amide bonds. The third kappa shape index (κ3) is 2.28. The minimum atomic E-state index is -0.0522. The van der Waals surface area contributed by atoms with E-state index < -0.39 is 0 Å². The lowest BCUT2D eigenvalue weighted by molar-refractivity contribution is 0.481. The first-order chi connectivity index (χ1) is 8.54. The Kier molecular flexibility index (Phi) is 3.73. The fourth-order valence-electron chi connectivity index (χ4n) is 2.04. The van der Waals surface area contributed by atoms with Gasteiger partial charge < -0.3 is 9.88 Å². The molecule has 2 heterocycles. The number of aryl methyl sites for hydroxylation is 1. The number of hydrogen-bond donors (Lipinski definition) is 1. The van der Waals surface area contributed by atoms with E-state index in [1.807, 2.05) is 29.5 Å². The molecular formula is C12H18ClN5. The van der Waals surface area contributed by atoms with Crippen molar-refractivity contribution in [3.05, 3.63) is 35.1 Å². The number of nitrogens with zero attached hydrogens (tertiary/aromatic N) is 4. The molecule has 98 valence electrons. The average molecular weight is 268 g/mol. The van der Waals surface area contributed by atoms with Crippen LogP contribution in [-0.4, -0.2) is 26.4 Å². The lowest BCUT2D eigenvalue weighted by Gasteiger charge is -2.19. The van der Waals surface area contributed by atoms with Gasteiger partial charge in [-0.05, 0) is 20.9 Å². The van der Waals surface area contributed by atoms with Crippen molar-refractivity contribution in [1.29, 1.82) is 0 Å². The highest BCUT2D eigenvalue weighted by atomic mass is 35.5. The van der Waals surface area contributed by atoms with Crippen LogP contribution in [0.5, 0.6) is 0 Å². The van der Waals surface area contributed by atoms with Crippen LogP contribution in [0, 0.1) is 0 Å². The van der Waals surface area contributed by atoms with Crippen molar-refractivity contribution in [2.24, 2.45) is 7.05 Å². The first-order valence-corrected chi connectivity index (χ1v) is 6.30. The molecule has 18 heavy (non-hydrogen) atoms. The maximum Gasteiger partial charge on any atom is 0.0950 e. The molecule has 0 bridgehead atoms. The van der Waals surface area contributed by atoms with E-state index in [1.165, 1.54) is 0 Å². The van der Waals surface area contributed by atoms with E-state index >= 15 is 0 Å². The number of imidazole rings is 1. The largest absolute Gasteiger partial charge is 0.340 e. The van der Waals surface area contributed by atoms with E-state index in [2.05, 4.69) is 29.2 Å². The van der Waals surface area contributed by atoms with E-state index in [-0.39, 0.29) is 12.1 Å². The molecule has 0 spiro atoms. The third-order valence-corrected chi connectivity index (χ3v) is 3.15. The normalized spacial score (nSPS) is 13.2. The second-order valence-corrected chi connectivity index (χ2v) is 5.01. The van der Waals surface area contributed by atoms with Gasteiger partial charge in [0, 0.05) is 19.3 Å². The molecule has 1 atom stereocenters. The predicted molar refractivity (Wildman–Crippen MR) is 71.7 cm³/mol. The topological polar surface area (TPSA) is 47.7 Å². The first kappa shape index (κ1) is 13.1. The Hall–Kier alpha value is -1.33. The summed E-state index contributed by atoms with van der Waals surface area (Å²) in [4.78, 5) is 4.39. The van der Waals surface area contributed by atoms with Crippen molar-refractivity contribution in [1.82, 2.24) is 24.6 Å². The minimum absolute atomic E-state index is 0.0522. The van der Waals surface area contributed by atoms with Crippen LogP contribution in [0.15, 0.2) is 18.7 Å². The fraction of sp³-hybridized carbons (Fsp3) is 0.500. The number of nitrogens with one attached hydrogen (secondary N) is 1. The molecule has 6 heteroatoms. The number of aromatic nitrogens is 4. The van der Waals surface area contributed by atoms with Gasteiger partial charge in [-0.25, -0.2) is 4.98 Å². The smallest absolute Gasteiger partial charge is 0.0950 e. The van der Waals surface area contributed by atoms with Crippen molar-refractivity contribution in [3.8, 4) is 0 Å². The summed E-state index contributed by atoms with van der Waals surface area (Å²) in [5.41, 5.74) is 1.89. The molecule has 0 aliphatic carbocycles. The maximum absolute atomic E-state index is 6.26. The van der Waals surface area contributed by atoms with Crippen molar-refractivity contribution >= 4 is 11.6 Å². The molecule has 0 fully saturated rings. The van der Waals surface area contributed by atoms with Crippen LogP contribution >= 0.6 is 11.6 Å². The summed E-state index contributed by atoms with van der Waals surface area (Å²) in [6.07, 6.45) is 5.45. The molecule has 0 aliphatic rings. The van der Waals surface area contributed by atoms with Gasteiger partial charge >= 0.3 is 0 Å². The van der Waals surface area contributed by atoms with E-state index in [0.717, 1.165) is 11.4 Å². The van der Waals surface area contributed by atoms with Gasteiger partial charge in [0.25, 0.3) is 0 Å². The maximum atomic E-state index is 6.26. The van der Waals surface area contributed by atoms with E-state index in [9.17, 15) is 0 Å². The zero-order chi connectivity index (χ0) is 13.3. The van der Waals surface area contributed by atoms with Crippen molar-refractivity contribution in [3.63, 3.8) is 0 Å². The summed E-state index contributed by atoms with van der Waals surface area (Å²) >= 11 is 6.26. The van der Waals surface area contributed by atoms with Crippen molar-refractivity contribution < 1.29 is 0 Å². The highest BCUT2D eigenvalue weighted by Crippen LogP contribution is 2.28. The van der Waals surface area contributed by atoms with Gasteiger partial charge in [-0.2, -0.15) is 5.10 Å². The standard InChI is InChI=1S/C12H18ClN5/c1-8(2)18-12(9(13)5-16-18)11(14-3)10-6-17(4)7-15-10/h5-8,11,14H,1-4H3. The van der Waals surface area contributed by atoms with Crippen LogP contribution < -0.4 is 5.32 Å². The average Bonchev–Trinajstić information content (AvgIpc) is 2.88. The second-order valence-electron chi connectivity index (χ2n) is 4.60. The Balaban J connectivity index is 2.47. The molecule has 2 aromatic rings. The lowest BCUT2D eigenvalue weighted by atomic mass is 10.1. The molecule has 1 unspecified atom stereocenters. The molecule has 2 aromatic heterocycles. The van der Waals surface area contributed by atoms with E-state index in [4.69, 9.17) is 11.6 Å². The summed E-state index contributed by atoms with van der Waals surface area (Å²) in [5.74, 6) is 0. The van der Waals surface area contributed by atoms with Gasteiger partial charge in [-0.1, -0.05) is 11.6 Å². The Labute approximate surface area is 112 Å². The molecule has 0 saturated carbocycles. The monoisotopic (exact) mass is 267 g/mol. The lowest BCUT2D eigenvalue weighted by Crippen LogP contribution is -2.23. The molecule has 0 aromatic carbocycles. The summed E-state index contributed by atoms with van der Waals surface area (Å²) in [6.45, 7) is 4.16. The Morgan fingerprint density at radius 1 is 1.39 bits per heavy atom. The molecule has 0 aliphatic heterocycles. The predicted octanol–water partition coefficient (Wildman–Crippen LogP) is 2.16. The van der Waals surface area contributed by atoms with Gasteiger partial charge in [0.05, 0.1) is 35.0 Å². The molecule has 5 nitrogen and oxygen atoms in total. The van der Waals surface area contributed by atoms with Crippen LogP contribution in [0.1, 0.15) is 37.3 Å². The highest BCUT2D eigenvalue weighted by Gasteiger charge is 2.23. The van der Waals surface area contributed by atoms with Crippen LogP contribution in [0.2, 0.25) is 5.02 Å². The van der Waals surface area contributed by atoms with Gasteiger partial charge in [0.2, 0.25) is 0 Å². The Bertz CT molecular complexity index is 528. The van der Waals surface area contributed by atoms with Crippen LogP contribution in [-0.2, 0) is 7.05 Å². The third-order valence-electron chi connectivity index (χ3n) is 2.86. The summed E-state index contributed by atoms with van der Waals surface area (Å²) < 4.78 is 3.85. The number of hydrogen-bond acceptors (Lipinski definition) is 3. The Morgan fingerprint density at radius 2 is 2.11 bits per heavy atom. The van der Waals surface area contributed by atoms with Gasteiger partial charge in [-0.15, -0.1) is 0 Å². The van der Waals surface area contributed by atoms with Gasteiger partial charge in [0.1, 0.15) is 0 Å². The van der Waals surface area contributed by atoms with E-state index in [0.29, 0.717) is 5.02 Å². The minimum Gasteiger partial charge on any atom is -0.340 e. The summed E-state index contributed by atoms with van der Waals surface area (Å²) in [6, 6.07) is 0.204. The van der Waals surface area contributed by atoms with E-state index in [1.54, 1.807) is 12.5 Å². The summed E-state index contributed by atoms with van der Waals surface area (Å²) in [7, 11) is 3.85. The quantitative estimate of drug-likeness (QED) is 0.924. The molecular weight excluding hydrogens is 250 g/mol. The van der Waals surface area contributed by atoms with Crippen LogP contribution in [0.25, 0.3) is 0 Å². The van der Waals surface area contributed by atoms with Crippen LogP contribution in [0.4, 0.5) is 0 Å². The highest BCUT2D eigenvalue weighted by molar-refractivity contribution is 6.31. The Morgan fingerprint density at radius 3 is 2.61 bits per heavy atom. The molecule has 1 N–H and O–H groups in total. The number of halogens is 1. The van der Waals surface area contributed by atoms with Gasteiger partial charge in [-0.3, -0.25) is 4.68 Å². The van der Waals surface area contributed by atoms with Crippen molar-refractivity contribution in [2.45, 2.75) is 25.9 Å². The van der Waals surface area contributed by atoms with Crippen LogP contribution in [0.3, 0.4) is 0 Å². The molecule has 0 radical (unpaired) electrons. The first-order valence-electron chi connectivity index (χ1n) is 5.92. The van der Waals surface area contributed by atoms with Gasteiger partial charge in [0.15, 0.2) is 0 Å². The van der Waals surface area contributed by atoms with Crippen molar-refractivity contribution in [2.75, 3.05) is 7.05 Å². The molecule has 0 saturated heterocycles. The molecule has 2 rings (SSSR count). The fourth-order valence-corrected chi connectivity index (χ4v) is 2.28. The zero-order valence-electron chi connectivity index (χ0n) is 11.1.